The third-order valence-corrected chi connectivity index (χ3v) is 2.69. The predicted octanol–water partition coefficient (Wildman–Crippen LogP) is 2.68. The average Bonchev–Trinajstić information content (AvgIpc) is 2.91. The number of nitrogens with zero attached hydrogens (tertiary/aromatic N) is 2. The highest BCUT2D eigenvalue weighted by Crippen LogP contribution is 2.21. The first kappa shape index (κ1) is 12.4. The molecular formula is C13H18N4O. The molecule has 0 atom stereocenters. The summed E-state index contributed by atoms with van der Waals surface area (Å²) in [6.45, 7) is 2.77. The molecule has 0 fully saturated rings. The van der Waals surface area contributed by atoms with Crippen molar-refractivity contribution in [3.05, 3.63) is 36.0 Å². The highest BCUT2D eigenvalue weighted by atomic mass is 16.3. The molecule has 2 aromatic rings. The molecule has 0 saturated heterocycles. The summed E-state index contributed by atoms with van der Waals surface area (Å²) < 4.78 is 5.29. The van der Waals surface area contributed by atoms with Crippen molar-refractivity contribution in [3.63, 3.8) is 0 Å². The molecule has 0 aliphatic heterocycles. The minimum atomic E-state index is 0.629. The van der Waals surface area contributed by atoms with Crippen LogP contribution in [0.4, 0.5) is 11.6 Å². The van der Waals surface area contributed by atoms with Gasteiger partial charge in [-0.05, 0) is 18.6 Å². The molecule has 0 amide bonds. The third kappa shape index (κ3) is 2.80. The van der Waals surface area contributed by atoms with Gasteiger partial charge in [0.25, 0.3) is 0 Å². The smallest absolute Gasteiger partial charge is 0.135 e. The van der Waals surface area contributed by atoms with Gasteiger partial charge in [-0.25, -0.2) is 9.97 Å². The maximum Gasteiger partial charge on any atom is 0.135 e. The van der Waals surface area contributed by atoms with E-state index >= 15 is 0 Å². The monoisotopic (exact) mass is 246 g/mol. The molecule has 2 aromatic heterocycles. The number of anilines is 2. The Hall–Kier alpha value is -2.04. The molecule has 2 N–H and O–H groups in total. The van der Waals surface area contributed by atoms with Gasteiger partial charge in [-0.2, -0.15) is 0 Å². The van der Waals surface area contributed by atoms with Crippen molar-refractivity contribution in [1.29, 1.82) is 0 Å². The first-order valence-corrected chi connectivity index (χ1v) is 6.13. The summed E-state index contributed by atoms with van der Waals surface area (Å²) in [7, 11) is 1.87. The minimum absolute atomic E-state index is 0.629. The van der Waals surface area contributed by atoms with Crippen molar-refractivity contribution >= 4 is 11.6 Å². The lowest BCUT2D eigenvalue weighted by molar-refractivity contribution is 0.517. The van der Waals surface area contributed by atoms with Crippen molar-refractivity contribution in [1.82, 2.24) is 9.97 Å². The predicted molar refractivity (Wildman–Crippen MR) is 71.6 cm³/mol. The molecule has 5 heteroatoms. The second-order valence-corrected chi connectivity index (χ2v) is 3.98. The van der Waals surface area contributed by atoms with Gasteiger partial charge in [0.1, 0.15) is 23.7 Å². The normalized spacial score (nSPS) is 10.3. The van der Waals surface area contributed by atoms with Gasteiger partial charge in [0.05, 0.1) is 12.8 Å². The summed E-state index contributed by atoms with van der Waals surface area (Å²) in [5.74, 6) is 2.64. The number of furan rings is 1. The zero-order valence-corrected chi connectivity index (χ0v) is 10.7. The van der Waals surface area contributed by atoms with Gasteiger partial charge >= 0.3 is 0 Å². The zero-order valence-electron chi connectivity index (χ0n) is 10.7. The van der Waals surface area contributed by atoms with Gasteiger partial charge in [-0.15, -0.1) is 0 Å². The van der Waals surface area contributed by atoms with Crippen LogP contribution in [0.1, 0.15) is 24.7 Å². The molecule has 0 aromatic carbocycles. The van der Waals surface area contributed by atoms with E-state index < -0.39 is 0 Å². The van der Waals surface area contributed by atoms with E-state index in [2.05, 4.69) is 27.5 Å². The molecule has 18 heavy (non-hydrogen) atoms. The quantitative estimate of drug-likeness (QED) is 0.820. The lowest BCUT2D eigenvalue weighted by Crippen LogP contribution is -2.08. The van der Waals surface area contributed by atoms with Crippen LogP contribution in [-0.2, 0) is 13.0 Å². The first-order valence-electron chi connectivity index (χ1n) is 6.13. The summed E-state index contributed by atoms with van der Waals surface area (Å²) in [6.07, 6.45) is 5.23. The molecule has 2 rings (SSSR count). The number of aromatic nitrogens is 2. The highest BCUT2D eigenvalue weighted by molar-refractivity contribution is 5.57. The Labute approximate surface area is 107 Å². The standard InChI is InChI=1S/C13H18N4O/c1-3-5-11-12(14-2)16-9-17-13(11)15-8-10-6-4-7-18-10/h4,6-7,9H,3,5,8H2,1-2H3,(H2,14,15,16,17). The first-order chi connectivity index (χ1) is 8.85. The molecule has 0 bridgehead atoms. The number of rotatable bonds is 6. The molecule has 0 saturated carbocycles. The maximum atomic E-state index is 5.29. The van der Waals surface area contributed by atoms with Crippen LogP contribution in [0, 0.1) is 0 Å². The van der Waals surface area contributed by atoms with Crippen molar-refractivity contribution in [2.24, 2.45) is 0 Å². The Morgan fingerprint density at radius 2 is 2.11 bits per heavy atom. The van der Waals surface area contributed by atoms with E-state index in [4.69, 9.17) is 4.42 Å². The molecule has 0 radical (unpaired) electrons. The van der Waals surface area contributed by atoms with Gasteiger partial charge in [-0.1, -0.05) is 13.3 Å². The molecule has 0 aliphatic rings. The largest absolute Gasteiger partial charge is 0.467 e. The molecule has 5 nitrogen and oxygen atoms in total. The number of hydrogen-bond acceptors (Lipinski definition) is 5. The molecule has 96 valence electrons. The molecular weight excluding hydrogens is 228 g/mol. The van der Waals surface area contributed by atoms with E-state index in [-0.39, 0.29) is 0 Å². The van der Waals surface area contributed by atoms with E-state index in [1.54, 1.807) is 12.6 Å². The van der Waals surface area contributed by atoms with Crippen LogP contribution in [0.15, 0.2) is 29.1 Å². The van der Waals surface area contributed by atoms with Gasteiger partial charge in [-0.3, -0.25) is 0 Å². The van der Waals surface area contributed by atoms with Crippen molar-refractivity contribution in [2.75, 3.05) is 17.7 Å². The average molecular weight is 246 g/mol. The lowest BCUT2D eigenvalue weighted by atomic mass is 10.1. The van der Waals surface area contributed by atoms with Gasteiger partial charge in [0, 0.05) is 12.6 Å². The number of hydrogen-bond donors (Lipinski definition) is 2. The zero-order chi connectivity index (χ0) is 12.8. The van der Waals surface area contributed by atoms with Crippen LogP contribution >= 0.6 is 0 Å². The Balaban J connectivity index is 2.15. The van der Waals surface area contributed by atoms with Crippen LogP contribution in [0.3, 0.4) is 0 Å². The Kier molecular flexibility index (Phi) is 4.17. The fourth-order valence-corrected chi connectivity index (χ4v) is 1.85. The summed E-state index contributed by atoms with van der Waals surface area (Å²) in [5, 5.41) is 6.39. The lowest BCUT2D eigenvalue weighted by Gasteiger charge is -2.12. The Morgan fingerprint density at radius 3 is 2.78 bits per heavy atom. The SMILES string of the molecule is CCCc1c(NC)ncnc1NCc1ccco1. The Morgan fingerprint density at radius 1 is 1.28 bits per heavy atom. The van der Waals surface area contributed by atoms with Crippen molar-refractivity contribution < 1.29 is 4.42 Å². The summed E-state index contributed by atoms with van der Waals surface area (Å²) in [4.78, 5) is 8.54. The highest BCUT2D eigenvalue weighted by Gasteiger charge is 2.09. The van der Waals surface area contributed by atoms with Crippen LogP contribution in [0.5, 0.6) is 0 Å². The van der Waals surface area contributed by atoms with E-state index in [0.717, 1.165) is 35.8 Å². The van der Waals surface area contributed by atoms with Gasteiger partial charge in [0.2, 0.25) is 0 Å². The second-order valence-electron chi connectivity index (χ2n) is 3.98. The third-order valence-electron chi connectivity index (χ3n) is 2.69. The second kappa shape index (κ2) is 6.05. The summed E-state index contributed by atoms with van der Waals surface area (Å²) in [6, 6.07) is 3.82. The minimum Gasteiger partial charge on any atom is -0.467 e. The van der Waals surface area contributed by atoms with E-state index in [9.17, 15) is 0 Å². The Bertz CT molecular complexity index is 482. The topological polar surface area (TPSA) is 63.0 Å². The maximum absolute atomic E-state index is 5.29. The van der Waals surface area contributed by atoms with Crippen molar-refractivity contribution in [3.8, 4) is 0 Å². The van der Waals surface area contributed by atoms with Crippen LogP contribution in [-0.4, -0.2) is 17.0 Å². The molecule has 2 heterocycles. The number of nitrogens with one attached hydrogen (secondary N) is 2. The molecule has 0 unspecified atom stereocenters. The fraction of sp³-hybridized carbons (Fsp3) is 0.385. The summed E-state index contributed by atoms with van der Waals surface area (Å²) >= 11 is 0. The van der Waals surface area contributed by atoms with Gasteiger partial charge < -0.3 is 15.1 Å². The van der Waals surface area contributed by atoms with E-state index in [1.807, 2.05) is 19.2 Å². The summed E-state index contributed by atoms with van der Waals surface area (Å²) in [5.41, 5.74) is 1.12. The van der Waals surface area contributed by atoms with E-state index in [0.29, 0.717) is 6.54 Å². The van der Waals surface area contributed by atoms with Gasteiger partial charge in [0.15, 0.2) is 0 Å². The van der Waals surface area contributed by atoms with Crippen LogP contribution in [0.2, 0.25) is 0 Å². The van der Waals surface area contributed by atoms with Crippen LogP contribution < -0.4 is 10.6 Å². The van der Waals surface area contributed by atoms with E-state index in [1.165, 1.54) is 0 Å². The fourth-order valence-electron chi connectivity index (χ4n) is 1.85. The molecule has 0 spiro atoms. The van der Waals surface area contributed by atoms with Crippen LogP contribution in [0.25, 0.3) is 0 Å². The molecule has 0 aliphatic carbocycles. The van der Waals surface area contributed by atoms with Crippen molar-refractivity contribution in [2.45, 2.75) is 26.3 Å².